The van der Waals surface area contributed by atoms with Crippen molar-refractivity contribution in [2.24, 2.45) is 0 Å². The van der Waals surface area contributed by atoms with Gasteiger partial charge in [-0.05, 0) is 59.7 Å². The molecule has 2 N–H and O–H groups in total. The summed E-state index contributed by atoms with van der Waals surface area (Å²) in [5.74, 6) is 7.76. The average molecular weight is 374 g/mol. The molecule has 0 fully saturated rings. The van der Waals surface area contributed by atoms with Crippen LogP contribution in [0.1, 0.15) is 11.1 Å². The predicted molar refractivity (Wildman–Crippen MR) is 109 cm³/mol. The molecule has 3 aromatic carbocycles. The Hall–Kier alpha value is -3.26. The first-order chi connectivity index (χ1) is 13.8. The molecule has 28 heavy (non-hydrogen) atoms. The third-order valence-corrected chi connectivity index (χ3v) is 4.00. The summed E-state index contributed by atoms with van der Waals surface area (Å²) in [6.07, 6.45) is 0. The van der Waals surface area contributed by atoms with Crippen molar-refractivity contribution in [2.45, 2.75) is 0 Å². The SMILES string of the molecule is OCCOc1ccc(C#Cc2ccc(-c3ccc(OCCO)cc3)cc2)cc1. The molecule has 0 aliphatic rings. The van der Waals surface area contributed by atoms with Crippen molar-refractivity contribution >= 4 is 0 Å². The van der Waals surface area contributed by atoms with Crippen LogP contribution in [0.5, 0.6) is 11.5 Å². The van der Waals surface area contributed by atoms with Gasteiger partial charge in [-0.15, -0.1) is 0 Å². The van der Waals surface area contributed by atoms with E-state index >= 15 is 0 Å². The van der Waals surface area contributed by atoms with Gasteiger partial charge in [0.25, 0.3) is 0 Å². The molecule has 4 heteroatoms. The molecule has 0 spiro atoms. The predicted octanol–water partition coefficient (Wildman–Crippen LogP) is 3.50. The maximum atomic E-state index is 8.80. The number of benzene rings is 3. The smallest absolute Gasteiger partial charge is 0.119 e. The minimum Gasteiger partial charge on any atom is -0.491 e. The Balaban J connectivity index is 1.64. The van der Waals surface area contributed by atoms with Crippen LogP contribution in [-0.4, -0.2) is 36.6 Å². The van der Waals surface area contributed by atoms with Gasteiger partial charge in [-0.3, -0.25) is 0 Å². The highest BCUT2D eigenvalue weighted by Gasteiger charge is 1.99. The monoisotopic (exact) mass is 374 g/mol. The minimum atomic E-state index is -0.000805. The van der Waals surface area contributed by atoms with Gasteiger partial charge >= 0.3 is 0 Å². The largest absolute Gasteiger partial charge is 0.491 e. The quantitative estimate of drug-likeness (QED) is 0.622. The third kappa shape index (κ3) is 5.62. The fraction of sp³-hybridized carbons (Fsp3) is 0.167. The Labute approximate surface area is 165 Å². The van der Waals surface area contributed by atoms with Crippen LogP contribution in [0.25, 0.3) is 11.1 Å². The number of rotatable bonds is 7. The highest BCUT2D eigenvalue weighted by molar-refractivity contribution is 5.65. The molecule has 0 radical (unpaired) electrons. The summed E-state index contributed by atoms with van der Waals surface area (Å²) in [6, 6.07) is 23.3. The molecule has 0 aliphatic carbocycles. The maximum absolute atomic E-state index is 8.80. The number of aliphatic hydroxyl groups is 2. The van der Waals surface area contributed by atoms with Gasteiger partial charge in [0, 0.05) is 11.1 Å². The average Bonchev–Trinajstić information content (AvgIpc) is 2.76. The molecule has 3 rings (SSSR count). The Bertz CT molecular complexity index is 918. The van der Waals surface area contributed by atoms with Crippen LogP contribution in [0, 0.1) is 11.8 Å². The number of ether oxygens (including phenoxy) is 2. The summed E-state index contributed by atoms with van der Waals surface area (Å²) in [4.78, 5) is 0. The van der Waals surface area contributed by atoms with E-state index in [0.29, 0.717) is 6.61 Å². The van der Waals surface area contributed by atoms with Crippen LogP contribution in [0.3, 0.4) is 0 Å². The maximum Gasteiger partial charge on any atom is 0.119 e. The molecule has 0 saturated heterocycles. The van der Waals surface area contributed by atoms with Gasteiger partial charge < -0.3 is 19.7 Å². The van der Waals surface area contributed by atoms with E-state index in [2.05, 4.69) is 11.8 Å². The normalized spacial score (nSPS) is 10.1. The molecule has 0 amide bonds. The van der Waals surface area contributed by atoms with Crippen LogP contribution in [0.4, 0.5) is 0 Å². The second-order valence-corrected chi connectivity index (χ2v) is 6.02. The van der Waals surface area contributed by atoms with E-state index in [1.807, 2.05) is 72.8 Å². The number of aliphatic hydroxyl groups excluding tert-OH is 2. The molecule has 142 valence electrons. The minimum absolute atomic E-state index is 0.000805. The van der Waals surface area contributed by atoms with Crippen molar-refractivity contribution < 1.29 is 19.7 Å². The first kappa shape index (κ1) is 19.5. The van der Waals surface area contributed by atoms with E-state index in [1.54, 1.807) is 0 Å². The second kappa shape index (κ2) is 10.2. The van der Waals surface area contributed by atoms with Crippen LogP contribution < -0.4 is 9.47 Å². The van der Waals surface area contributed by atoms with Gasteiger partial charge in [-0.25, -0.2) is 0 Å². The first-order valence-electron chi connectivity index (χ1n) is 9.08. The number of hydrogen-bond acceptors (Lipinski definition) is 4. The fourth-order valence-corrected chi connectivity index (χ4v) is 2.60. The van der Waals surface area contributed by atoms with Gasteiger partial charge in [0.05, 0.1) is 13.2 Å². The lowest BCUT2D eigenvalue weighted by atomic mass is 10.0. The molecule has 0 aromatic heterocycles. The Morgan fingerprint density at radius 1 is 0.536 bits per heavy atom. The molecule has 0 atom stereocenters. The van der Waals surface area contributed by atoms with Gasteiger partial charge in [-0.1, -0.05) is 36.1 Å². The van der Waals surface area contributed by atoms with Crippen molar-refractivity contribution in [3.05, 3.63) is 83.9 Å². The van der Waals surface area contributed by atoms with Crippen molar-refractivity contribution in [1.29, 1.82) is 0 Å². The van der Waals surface area contributed by atoms with Crippen LogP contribution in [0.15, 0.2) is 72.8 Å². The molecule has 0 unspecified atom stereocenters. The molecule has 3 aromatic rings. The summed E-state index contributed by atoms with van der Waals surface area (Å²) >= 11 is 0. The second-order valence-electron chi connectivity index (χ2n) is 6.02. The zero-order valence-corrected chi connectivity index (χ0v) is 15.5. The Morgan fingerprint density at radius 2 is 0.893 bits per heavy atom. The zero-order valence-electron chi connectivity index (χ0n) is 15.5. The summed E-state index contributed by atoms with van der Waals surface area (Å²) in [7, 11) is 0. The summed E-state index contributed by atoms with van der Waals surface area (Å²) < 4.78 is 10.7. The summed E-state index contributed by atoms with van der Waals surface area (Å²) in [5, 5.41) is 17.6. The van der Waals surface area contributed by atoms with Crippen LogP contribution >= 0.6 is 0 Å². The van der Waals surface area contributed by atoms with Gasteiger partial charge in [0.1, 0.15) is 24.7 Å². The molecule has 0 aliphatic heterocycles. The molecule has 0 heterocycles. The van der Waals surface area contributed by atoms with Crippen molar-refractivity contribution in [3.63, 3.8) is 0 Å². The lowest BCUT2D eigenvalue weighted by molar-refractivity contribution is 0.201. The van der Waals surface area contributed by atoms with E-state index in [1.165, 1.54) is 0 Å². The van der Waals surface area contributed by atoms with E-state index < -0.39 is 0 Å². The summed E-state index contributed by atoms with van der Waals surface area (Å²) in [6.45, 7) is 0.589. The molecular formula is C24H22O4. The Morgan fingerprint density at radius 3 is 1.32 bits per heavy atom. The third-order valence-electron chi connectivity index (χ3n) is 4.00. The van der Waals surface area contributed by atoms with Crippen LogP contribution in [-0.2, 0) is 0 Å². The van der Waals surface area contributed by atoms with Crippen molar-refractivity contribution in [1.82, 2.24) is 0 Å². The highest BCUT2D eigenvalue weighted by atomic mass is 16.5. The van der Waals surface area contributed by atoms with E-state index in [9.17, 15) is 0 Å². The van der Waals surface area contributed by atoms with Gasteiger partial charge in [0.15, 0.2) is 0 Å². The van der Waals surface area contributed by atoms with Crippen LogP contribution in [0.2, 0.25) is 0 Å². The van der Waals surface area contributed by atoms with E-state index in [0.717, 1.165) is 33.8 Å². The zero-order chi connectivity index (χ0) is 19.6. The lowest BCUT2D eigenvalue weighted by Gasteiger charge is -2.06. The van der Waals surface area contributed by atoms with Gasteiger partial charge in [0.2, 0.25) is 0 Å². The topological polar surface area (TPSA) is 58.9 Å². The summed E-state index contributed by atoms with van der Waals surface area (Å²) in [5.41, 5.74) is 4.03. The molecular weight excluding hydrogens is 352 g/mol. The van der Waals surface area contributed by atoms with Gasteiger partial charge in [-0.2, -0.15) is 0 Å². The molecule has 0 saturated carbocycles. The molecule has 4 nitrogen and oxygen atoms in total. The first-order valence-corrected chi connectivity index (χ1v) is 9.08. The van der Waals surface area contributed by atoms with E-state index in [4.69, 9.17) is 19.7 Å². The lowest BCUT2D eigenvalue weighted by Crippen LogP contribution is -2.01. The van der Waals surface area contributed by atoms with E-state index in [-0.39, 0.29) is 19.8 Å². The Kier molecular flexibility index (Phi) is 7.08. The standard InChI is InChI=1S/C24H22O4/c25-15-17-27-23-11-5-20(6-12-23)2-1-19-3-7-21(8-4-19)22-9-13-24(14-10-22)28-18-16-26/h3-14,25-26H,15-18H2. The number of hydrogen-bond donors (Lipinski definition) is 2. The van der Waals surface area contributed by atoms with Crippen molar-refractivity contribution in [2.75, 3.05) is 26.4 Å². The fourth-order valence-electron chi connectivity index (χ4n) is 2.60. The highest BCUT2D eigenvalue weighted by Crippen LogP contribution is 2.22. The van der Waals surface area contributed by atoms with Crippen molar-refractivity contribution in [3.8, 4) is 34.5 Å². The molecule has 0 bridgehead atoms.